The van der Waals surface area contributed by atoms with Gasteiger partial charge in [0.1, 0.15) is 24.3 Å². The van der Waals surface area contributed by atoms with Crippen molar-refractivity contribution in [3.8, 4) is 22.9 Å². The average Bonchev–Trinajstić information content (AvgIpc) is 3.33. The summed E-state index contributed by atoms with van der Waals surface area (Å²) in [6.45, 7) is 3.16. The van der Waals surface area contributed by atoms with Gasteiger partial charge in [0.2, 0.25) is 0 Å². The molecule has 0 fully saturated rings. The predicted molar refractivity (Wildman–Crippen MR) is 148 cm³/mol. The third kappa shape index (κ3) is 5.21. The van der Waals surface area contributed by atoms with Crippen molar-refractivity contribution in [3.63, 3.8) is 0 Å². The van der Waals surface area contributed by atoms with Crippen LogP contribution in [0.5, 0.6) is 5.75 Å². The number of fused-ring (bicyclic) bond motifs is 2. The van der Waals surface area contributed by atoms with Gasteiger partial charge in [-0.15, -0.1) is 11.3 Å². The van der Waals surface area contributed by atoms with Crippen molar-refractivity contribution in [2.75, 3.05) is 6.61 Å². The van der Waals surface area contributed by atoms with E-state index in [4.69, 9.17) is 16.3 Å². The molecule has 13 heteroatoms. The maximum Gasteiger partial charge on any atom is 0.416 e. The minimum Gasteiger partial charge on any atom is -0.491 e. The Balaban J connectivity index is 1.51. The molecule has 0 bridgehead atoms. The number of aryl methyl sites for hydroxylation is 2. The largest absolute Gasteiger partial charge is 0.491 e. The lowest BCUT2D eigenvalue weighted by molar-refractivity contribution is -0.137. The van der Waals surface area contributed by atoms with Crippen LogP contribution in [0, 0.1) is 25.2 Å². The molecule has 0 radical (unpaired) electrons. The third-order valence-electron chi connectivity index (χ3n) is 6.38. The Morgan fingerprint density at radius 1 is 1.17 bits per heavy atom. The lowest BCUT2D eigenvalue weighted by atomic mass is 10.0. The monoisotopic (exact) mass is 598 g/mol. The number of thiophene rings is 1. The average molecular weight is 599 g/mol. The molecule has 1 N–H and O–H groups in total. The van der Waals surface area contributed by atoms with E-state index in [2.05, 4.69) is 9.97 Å². The van der Waals surface area contributed by atoms with Gasteiger partial charge in [-0.2, -0.15) is 18.4 Å². The Bertz CT molecular complexity index is 1980. The molecule has 0 atom stereocenters. The molecule has 0 spiro atoms. The summed E-state index contributed by atoms with van der Waals surface area (Å²) in [5.74, 6) is -0.544. The zero-order valence-corrected chi connectivity index (χ0v) is 22.9. The highest BCUT2D eigenvalue weighted by atomic mass is 35.5. The fourth-order valence-corrected chi connectivity index (χ4v) is 5.73. The number of ether oxygens (including phenoxy) is 1. The lowest BCUT2D eigenvalue weighted by Crippen LogP contribution is -2.27. The van der Waals surface area contributed by atoms with Gasteiger partial charge in [-0.25, -0.2) is 9.78 Å². The molecule has 0 aliphatic rings. The highest BCUT2D eigenvalue weighted by Crippen LogP contribution is 2.40. The third-order valence-corrected chi connectivity index (χ3v) is 7.62. The number of alkyl halides is 3. The summed E-state index contributed by atoms with van der Waals surface area (Å²) < 4.78 is 47.8. The summed E-state index contributed by atoms with van der Waals surface area (Å²) in [4.78, 5) is 33.5. The molecule has 208 valence electrons. The number of halogens is 4. The first-order valence-corrected chi connectivity index (χ1v) is 13.2. The van der Waals surface area contributed by atoms with E-state index in [0.29, 0.717) is 43.9 Å². The molecule has 0 amide bonds. The zero-order chi connectivity index (χ0) is 29.6. The number of carboxylic acids is 1. The van der Waals surface area contributed by atoms with Crippen molar-refractivity contribution in [1.29, 1.82) is 5.26 Å². The number of aromatic carboxylic acids is 1. The Kier molecular flexibility index (Phi) is 7.19. The van der Waals surface area contributed by atoms with E-state index in [1.165, 1.54) is 28.2 Å². The van der Waals surface area contributed by atoms with E-state index in [-0.39, 0.29) is 35.4 Å². The molecular weight excluding hydrogens is 581 g/mol. The first-order chi connectivity index (χ1) is 19.4. The summed E-state index contributed by atoms with van der Waals surface area (Å²) in [6, 6.07) is 9.80. The number of benzene rings is 2. The van der Waals surface area contributed by atoms with Crippen LogP contribution in [-0.4, -0.2) is 32.2 Å². The van der Waals surface area contributed by atoms with Gasteiger partial charge in [0.05, 0.1) is 44.4 Å². The van der Waals surface area contributed by atoms with Gasteiger partial charge in [0.25, 0.3) is 5.56 Å². The van der Waals surface area contributed by atoms with Crippen molar-refractivity contribution >= 4 is 50.0 Å². The summed E-state index contributed by atoms with van der Waals surface area (Å²) in [5.41, 5.74) is -0.102. The quantitative estimate of drug-likeness (QED) is 0.234. The van der Waals surface area contributed by atoms with Crippen LogP contribution in [0.25, 0.3) is 32.2 Å². The number of nitrogens with zero attached hydrogens (tertiary/aromatic N) is 4. The van der Waals surface area contributed by atoms with Gasteiger partial charge < -0.3 is 9.84 Å². The van der Waals surface area contributed by atoms with Crippen LogP contribution in [0.15, 0.2) is 46.6 Å². The van der Waals surface area contributed by atoms with Gasteiger partial charge >= 0.3 is 12.1 Å². The standard InChI is InChI=1S/C28H18ClF3N4O4S/c1-13-7-19(25-24(34-13)20(12-41-25)27(38)39)18-10-17(29)3-4-22(18)40-6-5-36-14(2)35-21-9-16(28(30,31)32)8-15(11-33)23(21)26(36)37/h3-4,7-10,12H,5-6H2,1-2H3,(H,38,39). The van der Waals surface area contributed by atoms with Crippen LogP contribution in [-0.2, 0) is 12.7 Å². The first-order valence-electron chi connectivity index (χ1n) is 12.0. The minimum absolute atomic E-state index is 0.0193. The summed E-state index contributed by atoms with van der Waals surface area (Å²) in [6.07, 6.45) is -4.70. The topological polar surface area (TPSA) is 118 Å². The van der Waals surface area contributed by atoms with E-state index in [1.54, 1.807) is 37.3 Å². The molecule has 0 aliphatic carbocycles. The minimum atomic E-state index is -4.70. The van der Waals surface area contributed by atoms with E-state index in [1.807, 2.05) is 0 Å². The first kappa shape index (κ1) is 28.1. The van der Waals surface area contributed by atoms with Gasteiger partial charge in [0, 0.05) is 27.2 Å². The number of nitriles is 1. The van der Waals surface area contributed by atoms with Gasteiger partial charge in [0.15, 0.2) is 0 Å². The van der Waals surface area contributed by atoms with Crippen LogP contribution in [0.4, 0.5) is 13.2 Å². The van der Waals surface area contributed by atoms with E-state index in [0.717, 1.165) is 6.07 Å². The summed E-state index contributed by atoms with van der Waals surface area (Å²) >= 11 is 7.52. The Hall–Kier alpha value is -4.47. The Morgan fingerprint density at radius 2 is 1.93 bits per heavy atom. The number of pyridine rings is 1. The van der Waals surface area contributed by atoms with Crippen molar-refractivity contribution in [3.05, 3.63) is 85.4 Å². The second kappa shape index (κ2) is 10.5. The number of aromatic nitrogens is 3. The van der Waals surface area contributed by atoms with Gasteiger partial charge in [-0.3, -0.25) is 14.3 Å². The normalized spacial score (nSPS) is 11.6. The smallest absolute Gasteiger partial charge is 0.416 e. The molecule has 41 heavy (non-hydrogen) atoms. The molecule has 2 aromatic carbocycles. The Labute approximate surface area is 238 Å². The van der Waals surface area contributed by atoms with Crippen molar-refractivity contribution < 1.29 is 27.8 Å². The molecule has 8 nitrogen and oxygen atoms in total. The fraction of sp³-hybridized carbons (Fsp3) is 0.179. The molecule has 0 saturated carbocycles. The van der Waals surface area contributed by atoms with Crippen LogP contribution < -0.4 is 10.3 Å². The Morgan fingerprint density at radius 3 is 2.61 bits per heavy atom. The number of rotatable bonds is 6. The van der Waals surface area contributed by atoms with E-state index >= 15 is 0 Å². The fourth-order valence-electron chi connectivity index (χ4n) is 4.55. The molecule has 5 rings (SSSR count). The lowest BCUT2D eigenvalue weighted by Gasteiger charge is -2.16. The summed E-state index contributed by atoms with van der Waals surface area (Å²) in [7, 11) is 0. The van der Waals surface area contributed by atoms with Crippen LogP contribution >= 0.6 is 22.9 Å². The SMILES string of the molecule is Cc1cc(-c2cc(Cl)ccc2OCCn2c(C)nc3cc(C(F)(F)F)cc(C#N)c3c2=O)c2scc(C(=O)O)c2n1. The van der Waals surface area contributed by atoms with Crippen molar-refractivity contribution in [1.82, 2.24) is 14.5 Å². The molecular formula is C28H18ClF3N4O4S. The molecule has 5 aromatic rings. The molecule has 3 heterocycles. The summed E-state index contributed by atoms with van der Waals surface area (Å²) in [5, 5.41) is 20.7. The highest BCUT2D eigenvalue weighted by Gasteiger charge is 2.32. The van der Waals surface area contributed by atoms with E-state index in [9.17, 15) is 33.1 Å². The maximum atomic E-state index is 13.3. The number of hydrogen-bond donors (Lipinski definition) is 1. The second-order valence-electron chi connectivity index (χ2n) is 9.08. The highest BCUT2D eigenvalue weighted by molar-refractivity contribution is 7.18. The number of hydrogen-bond acceptors (Lipinski definition) is 7. The molecule has 3 aromatic heterocycles. The predicted octanol–water partition coefficient (Wildman–Crippen LogP) is 6.61. The molecule has 0 saturated heterocycles. The van der Waals surface area contributed by atoms with Crippen molar-refractivity contribution in [2.45, 2.75) is 26.6 Å². The number of carboxylic acid groups (broad SMARTS) is 1. The molecule has 0 unspecified atom stereocenters. The van der Waals surface area contributed by atoms with Crippen molar-refractivity contribution in [2.24, 2.45) is 0 Å². The zero-order valence-electron chi connectivity index (χ0n) is 21.3. The van der Waals surface area contributed by atoms with Gasteiger partial charge in [-0.1, -0.05) is 11.6 Å². The molecule has 0 aliphatic heterocycles. The van der Waals surface area contributed by atoms with Crippen LogP contribution in [0.1, 0.15) is 33.0 Å². The second-order valence-corrected chi connectivity index (χ2v) is 10.4. The van der Waals surface area contributed by atoms with E-state index < -0.39 is 28.8 Å². The van der Waals surface area contributed by atoms with Crippen LogP contribution in [0.2, 0.25) is 5.02 Å². The van der Waals surface area contributed by atoms with Gasteiger partial charge in [-0.05, 0) is 50.2 Å². The van der Waals surface area contributed by atoms with Crippen LogP contribution in [0.3, 0.4) is 0 Å². The number of carbonyl (C=O) groups is 1. The maximum absolute atomic E-state index is 13.3.